The Morgan fingerprint density at radius 2 is 2.12 bits per heavy atom. The third kappa shape index (κ3) is 1.78. The van der Waals surface area contributed by atoms with Crippen molar-refractivity contribution in [3.05, 3.63) is 30.0 Å². The summed E-state index contributed by atoms with van der Waals surface area (Å²) in [6.45, 7) is 6.86. The second-order valence-corrected chi connectivity index (χ2v) is 3.89. The molecule has 0 aliphatic rings. The molecular weight excluding hydrogens is 200 g/mol. The lowest BCUT2D eigenvalue weighted by Gasteiger charge is -2.01. The van der Waals surface area contributed by atoms with Gasteiger partial charge in [0.15, 0.2) is 0 Å². The molecule has 1 heterocycles. The number of benzene rings is 1. The Bertz CT molecular complexity index is 488. The standard InChI is InChI=1S/C13H18N2O/c1-3-14-8-10-9-15(4-2)13-11(10)6-5-7-12(13)16/h5-7,9,14,16H,3-4,8H2,1-2H3. The zero-order valence-corrected chi connectivity index (χ0v) is 9.83. The molecule has 0 radical (unpaired) electrons. The molecule has 0 saturated carbocycles. The Hall–Kier alpha value is -1.48. The van der Waals surface area contributed by atoms with Crippen LogP contribution in [-0.2, 0) is 13.1 Å². The van der Waals surface area contributed by atoms with Crippen LogP contribution in [0.25, 0.3) is 10.9 Å². The first-order valence-corrected chi connectivity index (χ1v) is 5.78. The van der Waals surface area contributed by atoms with E-state index >= 15 is 0 Å². The summed E-state index contributed by atoms with van der Waals surface area (Å²) in [5.41, 5.74) is 2.19. The van der Waals surface area contributed by atoms with Crippen molar-refractivity contribution in [2.75, 3.05) is 6.54 Å². The number of aromatic nitrogens is 1. The Morgan fingerprint density at radius 1 is 1.31 bits per heavy atom. The van der Waals surface area contributed by atoms with E-state index in [0.717, 1.165) is 30.5 Å². The number of phenolic OH excluding ortho intramolecular Hbond substituents is 1. The number of aromatic hydroxyl groups is 1. The van der Waals surface area contributed by atoms with Gasteiger partial charge in [-0.15, -0.1) is 0 Å². The van der Waals surface area contributed by atoms with E-state index in [-0.39, 0.29) is 0 Å². The number of hydrogen-bond acceptors (Lipinski definition) is 2. The predicted octanol–water partition coefficient (Wildman–Crippen LogP) is 2.48. The van der Waals surface area contributed by atoms with Gasteiger partial charge in [0.1, 0.15) is 5.75 Å². The lowest BCUT2D eigenvalue weighted by molar-refractivity contribution is 0.478. The first kappa shape index (κ1) is 11.0. The fourth-order valence-electron chi connectivity index (χ4n) is 2.06. The molecule has 0 aliphatic heterocycles. The van der Waals surface area contributed by atoms with E-state index in [2.05, 4.69) is 36.0 Å². The topological polar surface area (TPSA) is 37.2 Å². The molecule has 2 rings (SSSR count). The first-order chi connectivity index (χ1) is 7.77. The average Bonchev–Trinajstić information content (AvgIpc) is 2.66. The highest BCUT2D eigenvalue weighted by atomic mass is 16.3. The van der Waals surface area contributed by atoms with Crippen LogP contribution in [0.2, 0.25) is 0 Å². The van der Waals surface area contributed by atoms with Gasteiger partial charge < -0.3 is 15.0 Å². The summed E-state index contributed by atoms with van der Waals surface area (Å²) >= 11 is 0. The van der Waals surface area contributed by atoms with Gasteiger partial charge in [0.2, 0.25) is 0 Å². The molecule has 86 valence electrons. The number of rotatable bonds is 4. The van der Waals surface area contributed by atoms with Crippen molar-refractivity contribution in [1.29, 1.82) is 0 Å². The fraction of sp³-hybridized carbons (Fsp3) is 0.385. The van der Waals surface area contributed by atoms with Crippen LogP contribution in [0.5, 0.6) is 5.75 Å². The summed E-state index contributed by atoms with van der Waals surface area (Å²) in [5.74, 6) is 0.363. The molecule has 2 aromatic rings. The van der Waals surface area contributed by atoms with E-state index in [1.54, 1.807) is 6.07 Å². The third-order valence-electron chi connectivity index (χ3n) is 2.87. The number of aryl methyl sites for hydroxylation is 1. The van der Waals surface area contributed by atoms with Crippen molar-refractivity contribution < 1.29 is 5.11 Å². The molecule has 1 aromatic carbocycles. The van der Waals surface area contributed by atoms with Crippen LogP contribution in [0.15, 0.2) is 24.4 Å². The van der Waals surface area contributed by atoms with Gasteiger partial charge in [-0.25, -0.2) is 0 Å². The van der Waals surface area contributed by atoms with Gasteiger partial charge in [-0.3, -0.25) is 0 Å². The fourth-order valence-corrected chi connectivity index (χ4v) is 2.06. The minimum Gasteiger partial charge on any atom is -0.506 e. The Labute approximate surface area is 95.7 Å². The Morgan fingerprint density at radius 3 is 2.81 bits per heavy atom. The lowest BCUT2D eigenvalue weighted by Crippen LogP contribution is -2.11. The van der Waals surface area contributed by atoms with Crippen molar-refractivity contribution in [3.63, 3.8) is 0 Å². The monoisotopic (exact) mass is 218 g/mol. The summed E-state index contributed by atoms with van der Waals surface area (Å²) in [7, 11) is 0. The zero-order chi connectivity index (χ0) is 11.5. The number of fused-ring (bicyclic) bond motifs is 1. The van der Waals surface area contributed by atoms with E-state index in [0.29, 0.717) is 5.75 Å². The minimum atomic E-state index is 0.363. The highest BCUT2D eigenvalue weighted by Gasteiger charge is 2.09. The quantitative estimate of drug-likeness (QED) is 0.827. The molecule has 3 nitrogen and oxygen atoms in total. The van der Waals surface area contributed by atoms with Crippen LogP contribution < -0.4 is 5.32 Å². The number of nitrogens with zero attached hydrogens (tertiary/aromatic N) is 1. The molecule has 0 bridgehead atoms. The van der Waals surface area contributed by atoms with Crippen LogP contribution >= 0.6 is 0 Å². The molecule has 1 aromatic heterocycles. The summed E-state index contributed by atoms with van der Waals surface area (Å²) in [5, 5.41) is 14.3. The van der Waals surface area contributed by atoms with Gasteiger partial charge in [-0.2, -0.15) is 0 Å². The Balaban J connectivity index is 2.54. The van der Waals surface area contributed by atoms with Crippen molar-refractivity contribution in [2.24, 2.45) is 0 Å². The van der Waals surface area contributed by atoms with Crippen molar-refractivity contribution in [1.82, 2.24) is 9.88 Å². The number of phenols is 1. The molecule has 0 atom stereocenters. The van der Waals surface area contributed by atoms with Gasteiger partial charge in [-0.1, -0.05) is 19.1 Å². The largest absolute Gasteiger partial charge is 0.506 e. The van der Waals surface area contributed by atoms with Gasteiger partial charge >= 0.3 is 0 Å². The van der Waals surface area contributed by atoms with E-state index in [1.807, 2.05) is 6.07 Å². The molecule has 0 unspecified atom stereocenters. The highest BCUT2D eigenvalue weighted by molar-refractivity contribution is 5.88. The maximum Gasteiger partial charge on any atom is 0.139 e. The number of hydrogen-bond donors (Lipinski definition) is 2. The van der Waals surface area contributed by atoms with E-state index < -0.39 is 0 Å². The summed E-state index contributed by atoms with van der Waals surface area (Å²) in [6, 6.07) is 5.70. The molecule has 2 N–H and O–H groups in total. The first-order valence-electron chi connectivity index (χ1n) is 5.78. The van der Waals surface area contributed by atoms with E-state index in [1.165, 1.54) is 5.56 Å². The average molecular weight is 218 g/mol. The van der Waals surface area contributed by atoms with Crippen LogP contribution in [0.3, 0.4) is 0 Å². The number of nitrogens with one attached hydrogen (secondary N) is 1. The highest BCUT2D eigenvalue weighted by Crippen LogP contribution is 2.28. The molecule has 3 heteroatoms. The van der Waals surface area contributed by atoms with Crippen LogP contribution in [0, 0.1) is 0 Å². The molecule has 0 fully saturated rings. The van der Waals surface area contributed by atoms with Crippen LogP contribution in [0.1, 0.15) is 19.4 Å². The molecule has 0 amide bonds. The zero-order valence-electron chi connectivity index (χ0n) is 9.83. The van der Waals surface area contributed by atoms with Crippen LogP contribution in [0.4, 0.5) is 0 Å². The normalized spacial score (nSPS) is 11.1. The minimum absolute atomic E-state index is 0.363. The van der Waals surface area contributed by atoms with E-state index in [9.17, 15) is 5.11 Å². The second-order valence-electron chi connectivity index (χ2n) is 3.89. The SMILES string of the molecule is CCNCc1cn(CC)c2c(O)cccc12. The van der Waals surface area contributed by atoms with E-state index in [4.69, 9.17) is 0 Å². The van der Waals surface area contributed by atoms with Gasteiger partial charge in [0.25, 0.3) is 0 Å². The molecule has 0 spiro atoms. The lowest BCUT2D eigenvalue weighted by atomic mass is 10.1. The molecule has 16 heavy (non-hydrogen) atoms. The Kier molecular flexibility index (Phi) is 3.15. The van der Waals surface area contributed by atoms with Gasteiger partial charge in [0, 0.05) is 24.7 Å². The molecular formula is C13H18N2O. The van der Waals surface area contributed by atoms with Crippen molar-refractivity contribution in [3.8, 4) is 5.75 Å². The smallest absolute Gasteiger partial charge is 0.139 e. The maximum atomic E-state index is 9.88. The van der Waals surface area contributed by atoms with Gasteiger partial charge in [-0.05, 0) is 25.1 Å². The predicted molar refractivity (Wildman–Crippen MR) is 66.7 cm³/mol. The number of para-hydroxylation sites is 1. The summed E-state index contributed by atoms with van der Waals surface area (Å²) in [6.07, 6.45) is 2.12. The van der Waals surface area contributed by atoms with Crippen molar-refractivity contribution in [2.45, 2.75) is 26.9 Å². The third-order valence-corrected chi connectivity index (χ3v) is 2.87. The summed E-state index contributed by atoms with van der Waals surface area (Å²) in [4.78, 5) is 0. The van der Waals surface area contributed by atoms with Crippen LogP contribution in [-0.4, -0.2) is 16.2 Å². The van der Waals surface area contributed by atoms with Crippen molar-refractivity contribution >= 4 is 10.9 Å². The second kappa shape index (κ2) is 4.58. The summed E-state index contributed by atoms with van der Waals surface area (Å²) < 4.78 is 2.09. The molecule has 0 aliphatic carbocycles. The van der Waals surface area contributed by atoms with Gasteiger partial charge in [0.05, 0.1) is 5.52 Å². The molecule has 0 saturated heterocycles. The maximum absolute atomic E-state index is 9.88.